The van der Waals surface area contributed by atoms with E-state index in [-0.39, 0.29) is 17.9 Å². The Morgan fingerprint density at radius 1 is 1.44 bits per heavy atom. The predicted octanol–water partition coefficient (Wildman–Crippen LogP) is 0.0556. The molecule has 1 aromatic carbocycles. The number of carboxylic acids is 1. The summed E-state index contributed by atoms with van der Waals surface area (Å²) in [6.07, 6.45) is 4.92. The van der Waals surface area contributed by atoms with E-state index in [0.717, 1.165) is 0 Å². The maximum absolute atomic E-state index is 10.8. The van der Waals surface area contributed by atoms with Crippen LogP contribution >= 0.6 is 0 Å². The number of aliphatic carboxylic acids is 1. The molecule has 84 valence electrons. The number of hydrogen-bond donors (Lipinski definition) is 4. The first-order valence-corrected chi connectivity index (χ1v) is 4.40. The molecule has 0 bridgehead atoms. The molecule has 0 aliphatic rings. The normalized spacial score (nSPS) is 13.8. The summed E-state index contributed by atoms with van der Waals surface area (Å²) in [5.74, 6) is 0.0429. The Balaban J connectivity index is 3.01. The first-order valence-electron chi connectivity index (χ1n) is 4.40. The van der Waals surface area contributed by atoms with Gasteiger partial charge in [0.25, 0.3) is 0 Å². The summed E-state index contributed by atoms with van der Waals surface area (Å²) in [7, 11) is 0. The summed E-state index contributed by atoms with van der Waals surface area (Å²) in [4.78, 5) is 10.8. The molecule has 0 saturated carbocycles. The largest absolute Gasteiger partial charge is 0.504 e. The van der Waals surface area contributed by atoms with Crippen LogP contribution in [0.3, 0.4) is 0 Å². The van der Waals surface area contributed by atoms with Crippen LogP contribution in [0.25, 0.3) is 0 Å². The highest BCUT2D eigenvalue weighted by Crippen LogP contribution is 2.26. The summed E-state index contributed by atoms with van der Waals surface area (Å²) in [5, 5.41) is 27.1. The molecule has 0 aliphatic heterocycles. The molecule has 0 aliphatic carbocycles. The average molecular weight is 221 g/mol. The molecule has 5 nitrogen and oxygen atoms in total. The molecule has 1 atom stereocenters. The highest BCUT2D eigenvalue weighted by molar-refractivity contribution is 5.83. The standard InChI is InChI=1S/C11H11NO4/c1-2-11(12,10(15)16)6-7-3-4-8(13)9(14)5-7/h1,3-5,13-14H,6,12H2,(H,15,16)/t11-/m0/s1. The molecule has 0 radical (unpaired) electrons. The number of nitrogens with two attached hydrogens (primary N) is 1. The van der Waals surface area contributed by atoms with Crippen LogP contribution in [0.1, 0.15) is 5.56 Å². The lowest BCUT2D eigenvalue weighted by Crippen LogP contribution is -2.48. The molecule has 5 heteroatoms. The third kappa shape index (κ3) is 2.24. The van der Waals surface area contributed by atoms with Crippen molar-refractivity contribution >= 4 is 5.97 Å². The van der Waals surface area contributed by atoms with Gasteiger partial charge in [-0.25, -0.2) is 4.79 Å². The van der Waals surface area contributed by atoms with Gasteiger partial charge in [0.05, 0.1) is 0 Å². The number of carbonyl (C=O) groups is 1. The summed E-state index contributed by atoms with van der Waals surface area (Å²) in [6.45, 7) is 0. The van der Waals surface area contributed by atoms with Crippen molar-refractivity contribution in [2.45, 2.75) is 12.0 Å². The highest BCUT2D eigenvalue weighted by Gasteiger charge is 2.31. The van der Waals surface area contributed by atoms with E-state index in [1.54, 1.807) is 0 Å². The molecule has 0 aromatic heterocycles. The zero-order valence-corrected chi connectivity index (χ0v) is 8.34. The number of benzene rings is 1. The smallest absolute Gasteiger partial charge is 0.336 e. The molecular formula is C11H11NO4. The summed E-state index contributed by atoms with van der Waals surface area (Å²) in [5.41, 5.74) is 4.09. The molecule has 0 amide bonds. The van der Waals surface area contributed by atoms with Crippen LogP contribution in [0, 0.1) is 12.3 Å². The van der Waals surface area contributed by atoms with Crippen LogP contribution in [0.4, 0.5) is 0 Å². The van der Waals surface area contributed by atoms with Crippen molar-refractivity contribution in [1.29, 1.82) is 0 Å². The van der Waals surface area contributed by atoms with Gasteiger partial charge in [-0.05, 0) is 17.7 Å². The van der Waals surface area contributed by atoms with E-state index in [0.29, 0.717) is 5.56 Å². The lowest BCUT2D eigenvalue weighted by molar-refractivity contribution is -0.141. The molecule has 1 rings (SSSR count). The van der Waals surface area contributed by atoms with Gasteiger partial charge in [0.1, 0.15) is 0 Å². The third-order valence-corrected chi connectivity index (χ3v) is 2.16. The van der Waals surface area contributed by atoms with Crippen LogP contribution in [0.5, 0.6) is 11.5 Å². The highest BCUT2D eigenvalue weighted by atomic mass is 16.4. The minimum Gasteiger partial charge on any atom is -0.504 e. The zero-order valence-electron chi connectivity index (χ0n) is 8.34. The lowest BCUT2D eigenvalue weighted by Gasteiger charge is -2.18. The van der Waals surface area contributed by atoms with Crippen LogP contribution in [-0.4, -0.2) is 26.8 Å². The first-order chi connectivity index (χ1) is 7.39. The van der Waals surface area contributed by atoms with Gasteiger partial charge in [-0.3, -0.25) is 0 Å². The van der Waals surface area contributed by atoms with Crippen molar-refractivity contribution in [1.82, 2.24) is 0 Å². The van der Waals surface area contributed by atoms with Gasteiger partial charge < -0.3 is 21.1 Å². The summed E-state index contributed by atoms with van der Waals surface area (Å²) < 4.78 is 0. The second-order valence-corrected chi connectivity index (χ2v) is 3.42. The first kappa shape index (κ1) is 11.9. The SMILES string of the molecule is C#C[C@](N)(Cc1ccc(O)c(O)c1)C(=O)O. The van der Waals surface area contributed by atoms with Crippen LogP contribution in [0.15, 0.2) is 18.2 Å². The quantitative estimate of drug-likeness (QED) is 0.426. The maximum Gasteiger partial charge on any atom is 0.336 e. The number of phenolic OH excluding ortho intramolecular Hbond substituents is 2. The third-order valence-electron chi connectivity index (χ3n) is 2.16. The van der Waals surface area contributed by atoms with Crippen LogP contribution in [0.2, 0.25) is 0 Å². The number of carboxylic acid groups (broad SMARTS) is 1. The fraction of sp³-hybridized carbons (Fsp3) is 0.182. The van der Waals surface area contributed by atoms with Crippen LogP contribution < -0.4 is 5.73 Å². The van der Waals surface area contributed by atoms with Gasteiger partial charge in [0.15, 0.2) is 17.0 Å². The number of terminal acetylenes is 1. The van der Waals surface area contributed by atoms with Gasteiger partial charge in [-0.2, -0.15) is 0 Å². The summed E-state index contributed by atoms with van der Waals surface area (Å²) >= 11 is 0. The average Bonchev–Trinajstić information content (AvgIpc) is 2.23. The van der Waals surface area contributed by atoms with Crippen molar-refractivity contribution in [3.05, 3.63) is 23.8 Å². The Morgan fingerprint density at radius 2 is 2.06 bits per heavy atom. The van der Waals surface area contributed by atoms with E-state index in [1.807, 2.05) is 5.92 Å². The molecule has 0 fully saturated rings. The lowest BCUT2D eigenvalue weighted by atomic mass is 9.93. The Bertz CT molecular complexity index is 464. The molecular weight excluding hydrogens is 210 g/mol. The van der Waals surface area contributed by atoms with Gasteiger partial charge in [-0.1, -0.05) is 12.0 Å². The second kappa shape index (κ2) is 4.13. The number of phenols is 2. The number of rotatable bonds is 3. The maximum atomic E-state index is 10.8. The zero-order chi connectivity index (χ0) is 12.3. The number of hydrogen-bond acceptors (Lipinski definition) is 4. The van der Waals surface area contributed by atoms with Gasteiger partial charge >= 0.3 is 5.97 Å². The molecule has 0 spiro atoms. The Hall–Kier alpha value is -2.19. The van der Waals surface area contributed by atoms with E-state index in [2.05, 4.69) is 0 Å². The Morgan fingerprint density at radius 3 is 2.50 bits per heavy atom. The van der Waals surface area contributed by atoms with E-state index in [1.165, 1.54) is 18.2 Å². The van der Waals surface area contributed by atoms with Gasteiger partial charge in [0.2, 0.25) is 0 Å². The molecule has 16 heavy (non-hydrogen) atoms. The summed E-state index contributed by atoms with van der Waals surface area (Å²) in [6, 6.07) is 3.90. The molecule has 1 aromatic rings. The van der Waals surface area contributed by atoms with E-state index in [4.69, 9.17) is 22.4 Å². The predicted molar refractivity (Wildman–Crippen MR) is 56.9 cm³/mol. The fourth-order valence-electron chi connectivity index (χ4n) is 1.19. The Labute approximate surface area is 92.1 Å². The molecule has 0 saturated heterocycles. The van der Waals surface area contributed by atoms with E-state index >= 15 is 0 Å². The van der Waals surface area contributed by atoms with E-state index < -0.39 is 11.5 Å². The Kier molecular flexibility index (Phi) is 3.06. The van der Waals surface area contributed by atoms with Crippen molar-refractivity contribution < 1.29 is 20.1 Å². The molecule has 5 N–H and O–H groups in total. The van der Waals surface area contributed by atoms with Crippen molar-refractivity contribution in [3.8, 4) is 23.8 Å². The second-order valence-electron chi connectivity index (χ2n) is 3.42. The topological polar surface area (TPSA) is 104 Å². The minimum absolute atomic E-state index is 0.132. The minimum atomic E-state index is -1.82. The van der Waals surface area contributed by atoms with E-state index in [9.17, 15) is 9.90 Å². The van der Waals surface area contributed by atoms with Crippen molar-refractivity contribution in [2.24, 2.45) is 5.73 Å². The molecule has 0 heterocycles. The molecule has 0 unspecified atom stereocenters. The van der Waals surface area contributed by atoms with Gasteiger partial charge in [-0.15, -0.1) is 6.42 Å². The van der Waals surface area contributed by atoms with Gasteiger partial charge in [0, 0.05) is 6.42 Å². The van der Waals surface area contributed by atoms with Crippen LogP contribution in [-0.2, 0) is 11.2 Å². The number of aromatic hydroxyl groups is 2. The van der Waals surface area contributed by atoms with Crippen molar-refractivity contribution in [2.75, 3.05) is 0 Å². The van der Waals surface area contributed by atoms with Crippen molar-refractivity contribution in [3.63, 3.8) is 0 Å². The monoisotopic (exact) mass is 221 g/mol. The fourth-order valence-corrected chi connectivity index (χ4v) is 1.19.